The van der Waals surface area contributed by atoms with Crippen LogP contribution in [0.1, 0.15) is 43.9 Å². The first kappa shape index (κ1) is 23.2. The third kappa shape index (κ3) is 4.45. The Labute approximate surface area is 190 Å². The summed E-state index contributed by atoms with van der Waals surface area (Å²) in [4.78, 5) is 33.1. The molecule has 2 aromatic heterocycles. The number of hydrogen-bond acceptors (Lipinski definition) is 7. The highest BCUT2D eigenvalue weighted by atomic mass is 19.4. The fourth-order valence-corrected chi connectivity index (χ4v) is 4.64. The molecule has 2 aliphatic rings. The number of alkyl halides is 3. The number of fused-ring (bicyclic) bond motifs is 1. The first-order chi connectivity index (χ1) is 15.5. The van der Waals surface area contributed by atoms with E-state index in [1.54, 1.807) is 0 Å². The van der Waals surface area contributed by atoms with Crippen LogP contribution in [0.3, 0.4) is 0 Å². The van der Waals surface area contributed by atoms with E-state index in [1.165, 1.54) is 6.20 Å². The highest BCUT2D eigenvalue weighted by Gasteiger charge is 2.37. The number of rotatable bonds is 5. The molecule has 0 unspecified atom stereocenters. The van der Waals surface area contributed by atoms with Crippen LogP contribution in [0.2, 0.25) is 0 Å². The molecular weight excluding hydrogens is 435 g/mol. The normalized spacial score (nSPS) is 22.6. The summed E-state index contributed by atoms with van der Waals surface area (Å²) < 4.78 is 38.1. The summed E-state index contributed by atoms with van der Waals surface area (Å²) in [6, 6.07) is -0.113. The maximum absolute atomic E-state index is 12.7. The molecule has 1 fully saturated rings. The van der Waals surface area contributed by atoms with Crippen LogP contribution in [0.15, 0.2) is 12.4 Å². The highest BCUT2D eigenvalue weighted by Crippen LogP contribution is 2.37. The van der Waals surface area contributed by atoms with Gasteiger partial charge in [0.25, 0.3) is 0 Å². The lowest BCUT2D eigenvalue weighted by atomic mass is 9.77. The Hall–Kier alpha value is -2.98. The zero-order valence-electron chi connectivity index (χ0n) is 19.3. The molecule has 11 heteroatoms. The first-order valence-electron chi connectivity index (χ1n) is 11.0. The van der Waals surface area contributed by atoms with E-state index in [4.69, 9.17) is 4.98 Å². The molecule has 33 heavy (non-hydrogen) atoms. The van der Waals surface area contributed by atoms with Crippen molar-refractivity contribution in [2.24, 2.45) is 11.8 Å². The van der Waals surface area contributed by atoms with Crippen LogP contribution >= 0.6 is 0 Å². The molecule has 178 valence electrons. The van der Waals surface area contributed by atoms with Crippen LogP contribution in [-0.2, 0) is 17.4 Å². The molecule has 1 aliphatic heterocycles. The van der Waals surface area contributed by atoms with E-state index >= 15 is 0 Å². The fourth-order valence-electron chi connectivity index (χ4n) is 4.64. The smallest absolute Gasteiger partial charge is 0.355 e. The summed E-state index contributed by atoms with van der Waals surface area (Å²) in [5.74, 6) is 2.35. The van der Waals surface area contributed by atoms with E-state index < -0.39 is 11.9 Å². The zero-order valence-corrected chi connectivity index (χ0v) is 19.3. The topological polar surface area (TPSA) is 87.1 Å². The van der Waals surface area contributed by atoms with Crippen LogP contribution in [-0.4, -0.2) is 52.0 Å². The second-order valence-corrected chi connectivity index (χ2v) is 9.28. The molecule has 8 nitrogen and oxygen atoms in total. The number of hydrogen-bond donors (Lipinski definition) is 1. The number of carbonyl (C=O) groups is 1. The molecule has 1 N–H and O–H groups in total. The molecule has 1 amide bonds. The average molecular weight is 464 g/mol. The minimum Gasteiger partial charge on any atom is -0.355 e. The van der Waals surface area contributed by atoms with Crippen molar-refractivity contribution in [2.45, 2.75) is 58.3 Å². The molecule has 1 aliphatic carbocycles. The molecular formula is C22H28F3N7O. The number of carbonyl (C=O) groups excluding carboxylic acids is 1. The quantitative estimate of drug-likeness (QED) is 0.727. The number of nitrogens with zero attached hydrogens (tertiary/aromatic N) is 6. The molecule has 0 bridgehead atoms. The van der Waals surface area contributed by atoms with Gasteiger partial charge in [0.2, 0.25) is 5.91 Å². The van der Waals surface area contributed by atoms with Crippen molar-refractivity contribution in [3.63, 3.8) is 0 Å². The number of amides is 1. The van der Waals surface area contributed by atoms with E-state index in [9.17, 15) is 18.0 Å². The number of anilines is 3. The van der Waals surface area contributed by atoms with Gasteiger partial charge in [-0.15, -0.1) is 0 Å². The Kier molecular flexibility index (Phi) is 5.92. The SMILES string of the molecule is Cc1nc(CC2CC(N(C)c3cnc(C(F)(F)F)cn3)C2)nc2c1NC(=O)[C@H](C(C)C)N2C. The van der Waals surface area contributed by atoms with Crippen molar-refractivity contribution in [2.75, 3.05) is 29.2 Å². The van der Waals surface area contributed by atoms with Crippen molar-refractivity contribution < 1.29 is 18.0 Å². The van der Waals surface area contributed by atoms with Crippen LogP contribution in [0.25, 0.3) is 0 Å². The largest absolute Gasteiger partial charge is 0.434 e. The fraction of sp³-hybridized carbons (Fsp3) is 0.591. The molecule has 4 rings (SSSR count). The standard InChI is InChI=1S/C22H28F3N7O/c1-11(2)19-21(33)30-18-12(3)28-16(29-20(18)32(19)5)8-13-6-14(7-13)31(4)17-10-26-15(9-27-17)22(23,24)25/h9-11,13-14,19H,6-8H2,1-5H3,(H,30,33)/t13?,14?,19-/m0/s1. The van der Waals surface area contributed by atoms with Gasteiger partial charge in [-0.05, 0) is 31.6 Å². The van der Waals surface area contributed by atoms with Crippen molar-refractivity contribution in [1.29, 1.82) is 0 Å². The number of aromatic nitrogens is 4. The van der Waals surface area contributed by atoms with Gasteiger partial charge in [-0.2, -0.15) is 13.2 Å². The Morgan fingerprint density at radius 3 is 2.48 bits per heavy atom. The van der Waals surface area contributed by atoms with Crippen LogP contribution in [0.5, 0.6) is 0 Å². The lowest BCUT2D eigenvalue weighted by Gasteiger charge is -2.42. The van der Waals surface area contributed by atoms with E-state index in [1.807, 2.05) is 44.7 Å². The van der Waals surface area contributed by atoms with Gasteiger partial charge in [-0.1, -0.05) is 13.8 Å². The van der Waals surface area contributed by atoms with E-state index in [0.717, 1.165) is 36.4 Å². The summed E-state index contributed by atoms with van der Waals surface area (Å²) in [6.45, 7) is 5.88. The maximum Gasteiger partial charge on any atom is 0.434 e. The predicted octanol–water partition coefficient (Wildman–Crippen LogP) is 3.46. The van der Waals surface area contributed by atoms with Crippen LogP contribution in [0.4, 0.5) is 30.5 Å². The van der Waals surface area contributed by atoms with Gasteiger partial charge in [0.1, 0.15) is 23.4 Å². The summed E-state index contributed by atoms with van der Waals surface area (Å²) >= 11 is 0. The zero-order chi connectivity index (χ0) is 24.1. The van der Waals surface area contributed by atoms with E-state index in [2.05, 4.69) is 20.3 Å². The molecule has 2 aromatic rings. The minimum absolute atomic E-state index is 0.0457. The lowest BCUT2D eigenvalue weighted by molar-refractivity contribution is -0.141. The number of halogens is 3. The molecule has 1 atom stereocenters. The predicted molar refractivity (Wildman–Crippen MR) is 118 cm³/mol. The van der Waals surface area contributed by atoms with E-state index in [0.29, 0.717) is 23.8 Å². The highest BCUT2D eigenvalue weighted by molar-refractivity contribution is 6.03. The monoisotopic (exact) mass is 463 g/mol. The molecule has 3 heterocycles. The lowest BCUT2D eigenvalue weighted by Crippen LogP contribution is -2.50. The van der Waals surface area contributed by atoms with Gasteiger partial charge < -0.3 is 15.1 Å². The van der Waals surface area contributed by atoms with Gasteiger partial charge in [0.05, 0.1) is 18.1 Å². The Morgan fingerprint density at radius 2 is 1.91 bits per heavy atom. The Bertz CT molecular complexity index is 1040. The number of aryl methyl sites for hydroxylation is 1. The third-order valence-electron chi connectivity index (χ3n) is 6.54. The van der Waals surface area contributed by atoms with Gasteiger partial charge in [0.15, 0.2) is 11.5 Å². The van der Waals surface area contributed by atoms with E-state index in [-0.39, 0.29) is 23.9 Å². The second kappa shape index (κ2) is 8.42. The number of likely N-dealkylation sites (N-methyl/N-ethyl adjacent to an activating group) is 1. The summed E-state index contributed by atoms with van der Waals surface area (Å²) in [6.07, 6.45) is -0.136. The minimum atomic E-state index is -4.50. The first-order valence-corrected chi connectivity index (χ1v) is 11.0. The maximum atomic E-state index is 12.7. The van der Waals surface area contributed by atoms with Gasteiger partial charge in [-0.3, -0.25) is 4.79 Å². The number of nitrogens with one attached hydrogen (secondary N) is 1. The molecule has 0 aromatic carbocycles. The van der Waals surface area contributed by atoms with Gasteiger partial charge in [0, 0.05) is 26.6 Å². The van der Waals surface area contributed by atoms with Crippen LogP contribution < -0.4 is 15.1 Å². The summed E-state index contributed by atoms with van der Waals surface area (Å²) in [5, 5.41) is 2.96. The molecule has 0 saturated heterocycles. The Balaban J connectivity index is 1.41. The van der Waals surface area contributed by atoms with Crippen molar-refractivity contribution in [3.05, 3.63) is 29.6 Å². The molecule has 1 saturated carbocycles. The second-order valence-electron chi connectivity index (χ2n) is 9.28. The molecule has 0 radical (unpaired) electrons. The van der Waals surface area contributed by atoms with Crippen molar-refractivity contribution in [3.8, 4) is 0 Å². The third-order valence-corrected chi connectivity index (χ3v) is 6.54. The van der Waals surface area contributed by atoms with Crippen LogP contribution in [0, 0.1) is 18.8 Å². The summed E-state index contributed by atoms with van der Waals surface area (Å²) in [7, 11) is 3.71. The average Bonchev–Trinajstić information content (AvgIpc) is 2.70. The van der Waals surface area contributed by atoms with Gasteiger partial charge in [-0.25, -0.2) is 19.9 Å². The molecule has 0 spiro atoms. The van der Waals surface area contributed by atoms with Crippen molar-refractivity contribution in [1.82, 2.24) is 19.9 Å². The Morgan fingerprint density at radius 1 is 1.21 bits per heavy atom. The van der Waals surface area contributed by atoms with Gasteiger partial charge >= 0.3 is 6.18 Å². The summed E-state index contributed by atoms with van der Waals surface area (Å²) in [5.41, 5.74) is 0.410. The van der Waals surface area contributed by atoms with Crippen molar-refractivity contribution >= 4 is 23.2 Å².